The van der Waals surface area contributed by atoms with Crippen LogP contribution >= 0.6 is 0 Å². The Morgan fingerprint density at radius 3 is 1.22 bits per heavy atom. The molecule has 2 heteroatoms. The Hall–Kier alpha value is 0.310. The molecule has 0 radical (unpaired) electrons. The average molecular weight is 149 g/mol. The van der Waals surface area contributed by atoms with Gasteiger partial charge in [-0.15, -0.1) is 0 Å². The summed E-state index contributed by atoms with van der Waals surface area (Å²) in [4.78, 5) is 0. The van der Waals surface area contributed by atoms with Gasteiger partial charge in [0, 0.05) is 0 Å². The number of quaternary nitrogens is 1. The molecule has 0 aliphatic carbocycles. The van der Waals surface area contributed by atoms with Gasteiger partial charge in [-0.3, -0.25) is 0 Å². The SMILES string of the molecule is CCC[S-].C[N+](C)(C)C. The third-order valence-electron chi connectivity index (χ3n) is 0.204. The maximum atomic E-state index is 4.55. The molecule has 1 nitrogen and oxygen atoms in total. The highest BCUT2D eigenvalue weighted by Crippen LogP contribution is 1.73. The van der Waals surface area contributed by atoms with E-state index in [0.717, 1.165) is 16.7 Å². The van der Waals surface area contributed by atoms with E-state index in [0.29, 0.717) is 0 Å². The minimum absolute atomic E-state index is 0.903. The Kier molecular flexibility index (Phi) is 8.60. The van der Waals surface area contributed by atoms with Crippen molar-refractivity contribution in [3.63, 3.8) is 0 Å². The molecule has 0 aromatic rings. The van der Waals surface area contributed by atoms with Crippen molar-refractivity contribution in [2.75, 3.05) is 33.9 Å². The van der Waals surface area contributed by atoms with E-state index in [-0.39, 0.29) is 0 Å². The van der Waals surface area contributed by atoms with Crippen molar-refractivity contribution in [3.05, 3.63) is 0 Å². The van der Waals surface area contributed by atoms with Gasteiger partial charge in [0.05, 0.1) is 28.2 Å². The summed E-state index contributed by atoms with van der Waals surface area (Å²) in [7, 11) is 8.50. The quantitative estimate of drug-likeness (QED) is 0.399. The molecule has 0 aliphatic heterocycles. The minimum atomic E-state index is 0.903. The first-order valence-corrected chi connectivity index (χ1v) is 3.86. The Balaban J connectivity index is 0. The van der Waals surface area contributed by atoms with E-state index in [2.05, 4.69) is 47.7 Å². The molecule has 0 saturated heterocycles. The van der Waals surface area contributed by atoms with Crippen molar-refractivity contribution in [1.29, 1.82) is 0 Å². The van der Waals surface area contributed by atoms with Crippen molar-refractivity contribution >= 4 is 12.6 Å². The molecule has 0 unspecified atom stereocenters. The fourth-order valence-corrected chi connectivity index (χ4v) is 0. The van der Waals surface area contributed by atoms with Crippen molar-refractivity contribution in [2.24, 2.45) is 0 Å². The molecule has 0 rings (SSSR count). The van der Waals surface area contributed by atoms with E-state index in [9.17, 15) is 0 Å². The monoisotopic (exact) mass is 149 g/mol. The van der Waals surface area contributed by atoms with Crippen LogP contribution in [0.3, 0.4) is 0 Å². The van der Waals surface area contributed by atoms with Gasteiger partial charge >= 0.3 is 0 Å². The van der Waals surface area contributed by atoms with Crippen molar-refractivity contribution in [1.82, 2.24) is 0 Å². The summed E-state index contributed by atoms with van der Waals surface area (Å²) in [5, 5.41) is 0. The lowest BCUT2D eigenvalue weighted by molar-refractivity contribution is -0.849. The normalized spacial score (nSPS) is 10.0. The van der Waals surface area contributed by atoms with Crippen molar-refractivity contribution in [3.8, 4) is 0 Å². The Labute approximate surface area is 65.1 Å². The number of nitrogens with zero attached hydrogens (tertiary/aromatic N) is 1. The van der Waals surface area contributed by atoms with Crippen LogP contribution in [0.4, 0.5) is 0 Å². The van der Waals surface area contributed by atoms with Crippen LogP contribution < -0.4 is 0 Å². The zero-order chi connectivity index (χ0) is 7.91. The molecule has 0 aromatic carbocycles. The topological polar surface area (TPSA) is 0 Å². The average Bonchev–Trinajstić information content (AvgIpc) is 1.61. The Bertz CT molecular complexity index is 39.4. The van der Waals surface area contributed by atoms with Gasteiger partial charge in [0.25, 0.3) is 0 Å². The third kappa shape index (κ3) is 193. The van der Waals surface area contributed by atoms with Gasteiger partial charge in [-0.1, -0.05) is 13.3 Å². The fraction of sp³-hybridized carbons (Fsp3) is 1.00. The van der Waals surface area contributed by atoms with Gasteiger partial charge in [0.2, 0.25) is 0 Å². The Morgan fingerprint density at radius 2 is 1.22 bits per heavy atom. The van der Waals surface area contributed by atoms with E-state index in [1.165, 1.54) is 0 Å². The van der Waals surface area contributed by atoms with Gasteiger partial charge < -0.3 is 17.1 Å². The van der Waals surface area contributed by atoms with Gasteiger partial charge in [-0.05, 0) is 0 Å². The number of rotatable bonds is 1. The molecule has 0 saturated carbocycles. The Morgan fingerprint density at radius 1 is 1.11 bits per heavy atom. The maximum Gasteiger partial charge on any atom is 0.0675 e. The first kappa shape index (κ1) is 12.0. The summed E-state index contributed by atoms with van der Waals surface area (Å²) in [6.07, 6.45) is 1.13. The van der Waals surface area contributed by atoms with Gasteiger partial charge in [-0.2, -0.15) is 5.75 Å². The predicted molar refractivity (Wildman–Crippen MR) is 46.5 cm³/mol. The molecule has 0 aromatic heterocycles. The predicted octanol–water partition coefficient (Wildman–Crippen LogP) is 1.27. The van der Waals surface area contributed by atoms with E-state index >= 15 is 0 Å². The molecule has 0 spiro atoms. The van der Waals surface area contributed by atoms with E-state index in [1.54, 1.807) is 0 Å². The molecular weight excluding hydrogens is 130 g/mol. The zero-order valence-corrected chi connectivity index (χ0v) is 8.09. The largest absolute Gasteiger partial charge is 0.793 e. The fourth-order valence-electron chi connectivity index (χ4n) is 0. The molecule has 0 N–H and O–H groups in total. The summed E-state index contributed by atoms with van der Waals surface area (Å²) < 4.78 is 1.00. The van der Waals surface area contributed by atoms with E-state index in [1.807, 2.05) is 0 Å². The molecule has 0 heterocycles. The summed E-state index contributed by atoms with van der Waals surface area (Å²) in [6.45, 7) is 2.08. The molecular formula is C7H19NS. The molecule has 58 valence electrons. The lowest BCUT2D eigenvalue weighted by atomic mass is 10.6. The summed E-state index contributed by atoms with van der Waals surface area (Å²) >= 11 is 4.55. The molecule has 0 atom stereocenters. The van der Waals surface area contributed by atoms with Crippen LogP contribution in [0.1, 0.15) is 13.3 Å². The first-order chi connectivity index (χ1) is 3.91. The second-order valence-electron chi connectivity index (χ2n) is 3.39. The molecule has 0 fully saturated rings. The number of hydrogen-bond acceptors (Lipinski definition) is 1. The number of hydrogen-bond donors (Lipinski definition) is 0. The maximum absolute atomic E-state index is 4.55. The van der Waals surface area contributed by atoms with Gasteiger partial charge in [0.1, 0.15) is 0 Å². The molecule has 0 amide bonds. The highest BCUT2D eigenvalue weighted by Gasteiger charge is 1.88. The highest BCUT2D eigenvalue weighted by atomic mass is 32.1. The second-order valence-corrected chi connectivity index (χ2v) is 3.80. The van der Waals surface area contributed by atoms with Crippen LogP contribution in [-0.2, 0) is 12.6 Å². The van der Waals surface area contributed by atoms with Crippen molar-refractivity contribution in [2.45, 2.75) is 13.3 Å². The lowest BCUT2D eigenvalue weighted by Crippen LogP contribution is -2.27. The van der Waals surface area contributed by atoms with Crippen LogP contribution in [-0.4, -0.2) is 38.4 Å². The summed E-state index contributed by atoms with van der Waals surface area (Å²) in [5.74, 6) is 0.903. The summed E-state index contributed by atoms with van der Waals surface area (Å²) in [5.41, 5.74) is 0. The van der Waals surface area contributed by atoms with Crippen LogP contribution in [0.25, 0.3) is 0 Å². The van der Waals surface area contributed by atoms with Crippen molar-refractivity contribution < 1.29 is 4.48 Å². The second kappa shape index (κ2) is 6.43. The standard InChI is InChI=1S/C4H12N.C3H8S/c1-5(2,3)4;1-2-3-4/h1-4H3;4H,2-3H2,1H3/q+1;/p-1. The van der Waals surface area contributed by atoms with Crippen LogP contribution in [0.2, 0.25) is 0 Å². The molecule has 9 heavy (non-hydrogen) atoms. The first-order valence-electron chi connectivity index (χ1n) is 3.28. The van der Waals surface area contributed by atoms with Gasteiger partial charge in [0.15, 0.2) is 0 Å². The highest BCUT2D eigenvalue weighted by molar-refractivity contribution is 7.58. The smallest absolute Gasteiger partial charge is 0.0675 e. The van der Waals surface area contributed by atoms with Crippen LogP contribution in [0, 0.1) is 0 Å². The van der Waals surface area contributed by atoms with Crippen LogP contribution in [0.5, 0.6) is 0 Å². The third-order valence-corrected chi connectivity index (χ3v) is 0.612. The van der Waals surface area contributed by atoms with E-state index in [4.69, 9.17) is 0 Å². The zero-order valence-electron chi connectivity index (χ0n) is 7.27. The van der Waals surface area contributed by atoms with Gasteiger partial charge in [-0.25, -0.2) is 0 Å². The van der Waals surface area contributed by atoms with E-state index < -0.39 is 0 Å². The molecule has 0 aliphatic rings. The summed E-state index contributed by atoms with van der Waals surface area (Å²) in [6, 6.07) is 0. The van der Waals surface area contributed by atoms with Crippen LogP contribution in [0.15, 0.2) is 0 Å². The lowest BCUT2D eigenvalue weighted by Gasteiger charge is -2.14. The molecule has 0 bridgehead atoms. The minimum Gasteiger partial charge on any atom is -0.793 e.